The van der Waals surface area contributed by atoms with Crippen LogP contribution in [-0.4, -0.2) is 16.1 Å². The fourth-order valence-electron chi connectivity index (χ4n) is 2.25. The first kappa shape index (κ1) is 11.7. The van der Waals surface area contributed by atoms with Crippen LogP contribution in [0.25, 0.3) is 33.7 Å². The number of furan rings is 1. The molecule has 5 heteroatoms. The molecule has 0 amide bonds. The highest BCUT2D eigenvalue weighted by Crippen LogP contribution is 2.29. The Balaban J connectivity index is 1.87. The van der Waals surface area contributed by atoms with Gasteiger partial charge in [-0.2, -0.15) is 0 Å². The minimum Gasteiger partial charge on any atom is -0.478 e. The van der Waals surface area contributed by atoms with Crippen molar-refractivity contribution in [2.75, 3.05) is 0 Å². The lowest BCUT2D eigenvalue weighted by atomic mass is 10.2. The van der Waals surface area contributed by atoms with Crippen molar-refractivity contribution in [3.63, 3.8) is 0 Å². The minimum atomic E-state index is -0.995. The topological polar surface area (TPSA) is 76.5 Å². The van der Waals surface area contributed by atoms with E-state index in [1.807, 2.05) is 30.3 Å². The van der Waals surface area contributed by atoms with Crippen LogP contribution in [0.15, 0.2) is 57.4 Å². The Morgan fingerprint density at radius 1 is 1.00 bits per heavy atom. The molecule has 2 aromatic heterocycles. The maximum atomic E-state index is 11.0. The molecule has 0 radical (unpaired) electrons. The van der Waals surface area contributed by atoms with E-state index in [9.17, 15) is 4.79 Å². The Hall–Kier alpha value is -3.08. The molecule has 0 bridgehead atoms. The van der Waals surface area contributed by atoms with E-state index in [0.29, 0.717) is 22.8 Å². The summed E-state index contributed by atoms with van der Waals surface area (Å²) in [5.74, 6) is -0.141. The van der Waals surface area contributed by atoms with E-state index in [2.05, 4.69) is 4.98 Å². The largest absolute Gasteiger partial charge is 0.478 e. The molecule has 4 rings (SSSR count). The van der Waals surface area contributed by atoms with Crippen LogP contribution >= 0.6 is 0 Å². The molecular weight excluding hydrogens is 270 g/mol. The molecule has 1 N–H and O–H groups in total. The van der Waals surface area contributed by atoms with Gasteiger partial charge in [-0.15, -0.1) is 0 Å². The van der Waals surface area contributed by atoms with Crippen LogP contribution in [0.2, 0.25) is 0 Å². The van der Waals surface area contributed by atoms with E-state index in [1.165, 1.54) is 12.1 Å². The summed E-state index contributed by atoms with van der Waals surface area (Å²) in [4.78, 5) is 15.3. The van der Waals surface area contributed by atoms with Crippen molar-refractivity contribution in [1.29, 1.82) is 0 Å². The Labute approximate surface area is 118 Å². The van der Waals surface area contributed by atoms with Crippen LogP contribution in [0.3, 0.4) is 0 Å². The van der Waals surface area contributed by atoms with Gasteiger partial charge in [0.25, 0.3) is 5.89 Å². The fourth-order valence-corrected chi connectivity index (χ4v) is 2.25. The molecule has 0 spiro atoms. The lowest BCUT2D eigenvalue weighted by Crippen LogP contribution is -1.94. The standard InChI is InChI=1S/C16H9NO4/c18-16(19)10-5-6-13-11(7-10)17-15(21-13)14-8-9-3-1-2-4-12(9)20-14/h1-8H,(H,18,19). The predicted molar refractivity (Wildman–Crippen MR) is 76.2 cm³/mol. The zero-order chi connectivity index (χ0) is 14.4. The number of hydrogen-bond acceptors (Lipinski definition) is 4. The Morgan fingerprint density at radius 3 is 2.67 bits per heavy atom. The monoisotopic (exact) mass is 279 g/mol. The first-order valence-electron chi connectivity index (χ1n) is 6.33. The highest BCUT2D eigenvalue weighted by atomic mass is 16.4. The third kappa shape index (κ3) is 1.87. The SMILES string of the molecule is O=C(O)c1ccc2oc(-c3cc4ccccc4o3)nc2c1. The number of carbonyl (C=O) groups is 1. The van der Waals surface area contributed by atoms with Crippen LogP contribution in [-0.2, 0) is 0 Å². The van der Waals surface area contributed by atoms with Gasteiger partial charge < -0.3 is 13.9 Å². The maximum Gasteiger partial charge on any atom is 0.335 e. The third-order valence-electron chi connectivity index (χ3n) is 3.27. The summed E-state index contributed by atoms with van der Waals surface area (Å²) in [5, 5.41) is 9.95. The first-order chi connectivity index (χ1) is 10.2. The van der Waals surface area contributed by atoms with Crippen molar-refractivity contribution in [1.82, 2.24) is 4.98 Å². The highest BCUT2D eigenvalue weighted by Gasteiger charge is 2.14. The molecule has 0 aliphatic carbocycles. The molecule has 0 atom stereocenters. The van der Waals surface area contributed by atoms with Gasteiger partial charge in [0, 0.05) is 5.39 Å². The molecule has 2 aromatic carbocycles. The van der Waals surface area contributed by atoms with Gasteiger partial charge in [0.05, 0.1) is 5.56 Å². The summed E-state index contributed by atoms with van der Waals surface area (Å²) in [6.07, 6.45) is 0. The van der Waals surface area contributed by atoms with Crippen molar-refractivity contribution in [2.24, 2.45) is 0 Å². The van der Waals surface area contributed by atoms with Crippen LogP contribution in [0.5, 0.6) is 0 Å². The predicted octanol–water partition coefficient (Wildman–Crippen LogP) is 3.94. The molecule has 4 aromatic rings. The van der Waals surface area contributed by atoms with Crippen LogP contribution in [0.1, 0.15) is 10.4 Å². The second-order valence-corrected chi connectivity index (χ2v) is 4.66. The molecular formula is C16H9NO4. The van der Waals surface area contributed by atoms with Crippen molar-refractivity contribution in [3.8, 4) is 11.7 Å². The molecule has 21 heavy (non-hydrogen) atoms. The molecule has 0 aliphatic heterocycles. The van der Waals surface area contributed by atoms with Crippen molar-refractivity contribution in [3.05, 3.63) is 54.1 Å². The number of aromatic carboxylic acids is 1. The first-order valence-corrected chi connectivity index (χ1v) is 6.33. The highest BCUT2D eigenvalue weighted by molar-refractivity contribution is 5.92. The van der Waals surface area contributed by atoms with Crippen LogP contribution in [0, 0.1) is 0 Å². The van der Waals surface area contributed by atoms with Gasteiger partial charge in [0.1, 0.15) is 11.1 Å². The Bertz CT molecular complexity index is 947. The summed E-state index contributed by atoms with van der Waals surface area (Å²) in [6.45, 7) is 0. The number of rotatable bonds is 2. The van der Waals surface area contributed by atoms with Gasteiger partial charge >= 0.3 is 5.97 Å². The number of benzene rings is 2. The van der Waals surface area contributed by atoms with Crippen LogP contribution in [0.4, 0.5) is 0 Å². The van der Waals surface area contributed by atoms with E-state index in [-0.39, 0.29) is 5.56 Å². The fraction of sp³-hybridized carbons (Fsp3) is 0. The molecule has 0 saturated carbocycles. The summed E-state index contributed by atoms with van der Waals surface area (Å²) in [7, 11) is 0. The lowest BCUT2D eigenvalue weighted by Gasteiger charge is -1.91. The smallest absolute Gasteiger partial charge is 0.335 e. The zero-order valence-corrected chi connectivity index (χ0v) is 10.7. The third-order valence-corrected chi connectivity index (χ3v) is 3.27. The molecule has 0 unspecified atom stereocenters. The van der Waals surface area contributed by atoms with Crippen molar-refractivity contribution < 1.29 is 18.7 Å². The van der Waals surface area contributed by atoms with Crippen molar-refractivity contribution in [2.45, 2.75) is 0 Å². The maximum absolute atomic E-state index is 11.0. The van der Waals surface area contributed by atoms with E-state index >= 15 is 0 Å². The van der Waals surface area contributed by atoms with Gasteiger partial charge in [-0.05, 0) is 30.3 Å². The second kappa shape index (κ2) is 4.21. The van der Waals surface area contributed by atoms with Gasteiger partial charge in [-0.25, -0.2) is 9.78 Å². The minimum absolute atomic E-state index is 0.173. The Kier molecular flexibility index (Phi) is 2.35. The molecule has 2 heterocycles. The molecule has 5 nitrogen and oxygen atoms in total. The molecule has 102 valence electrons. The van der Waals surface area contributed by atoms with Crippen molar-refractivity contribution >= 4 is 28.0 Å². The number of para-hydroxylation sites is 1. The number of aromatic nitrogens is 1. The van der Waals surface area contributed by atoms with E-state index in [4.69, 9.17) is 13.9 Å². The van der Waals surface area contributed by atoms with Crippen LogP contribution < -0.4 is 0 Å². The number of hydrogen-bond donors (Lipinski definition) is 1. The number of nitrogens with zero attached hydrogens (tertiary/aromatic N) is 1. The zero-order valence-electron chi connectivity index (χ0n) is 10.7. The van der Waals surface area contributed by atoms with E-state index in [0.717, 1.165) is 11.0 Å². The Morgan fingerprint density at radius 2 is 1.86 bits per heavy atom. The lowest BCUT2D eigenvalue weighted by molar-refractivity contribution is 0.0697. The summed E-state index contributed by atoms with van der Waals surface area (Å²) >= 11 is 0. The van der Waals surface area contributed by atoms with Gasteiger partial charge in [-0.3, -0.25) is 0 Å². The van der Waals surface area contributed by atoms with Gasteiger partial charge in [0.2, 0.25) is 0 Å². The average molecular weight is 279 g/mol. The van der Waals surface area contributed by atoms with E-state index < -0.39 is 5.97 Å². The average Bonchev–Trinajstić information content (AvgIpc) is 3.09. The molecule has 0 fully saturated rings. The number of carboxylic acid groups (broad SMARTS) is 1. The van der Waals surface area contributed by atoms with E-state index in [1.54, 1.807) is 6.07 Å². The number of fused-ring (bicyclic) bond motifs is 2. The second-order valence-electron chi connectivity index (χ2n) is 4.66. The molecule has 0 saturated heterocycles. The summed E-state index contributed by atoms with van der Waals surface area (Å²) < 4.78 is 11.3. The van der Waals surface area contributed by atoms with Gasteiger partial charge in [-0.1, -0.05) is 18.2 Å². The summed E-state index contributed by atoms with van der Waals surface area (Å²) in [5.41, 5.74) is 1.94. The summed E-state index contributed by atoms with van der Waals surface area (Å²) in [6, 6.07) is 14.0. The number of carboxylic acids is 1. The molecule has 0 aliphatic rings. The normalized spacial score (nSPS) is 11.2. The number of oxazole rings is 1. The quantitative estimate of drug-likeness (QED) is 0.601. The van der Waals surface area contributed by atoms with Gasteiger partial charge in [0.15, 0.2) is 11.3 Å².